The zero-order chi connectivity index (χ0) is 28.8. The summed E-state index contributed by atoms with van der Waals surface area (Å²) < 4.78 is 53.8. The van der Waals surface area contributed by atoms with Gasteiger partial charge in [0.25, 0.3) is 10.0 Å². The van der Waals surface area contributed by atoms with Crippen LogP contribution in [-0.4, -0.2) is 56.3 Å². The smallest absolute Gasteiger partial charge is 0.355 e. The molecule has 0 aliphatic carbocycles. The van der Waals surface area contributed by atoms with Gasteiger partial charge < -0.3 is 15.0 Å². The van der Waals surface area contributed by atoms with Crippen LogP contribution < -0.4 is 10.0 Å². The largest absolute Gasteiger partial charge is 0.476 e. The van der Waals surface area contributed by atoms with Crippen molar-refractivity contribution in [2.75, 3.05) is 12.8 Å². The van der Waals surface area contributed by atoms with Crippen molar-refractivity contribution in [3.8, 4) is 11.1 Å². The number of rotatable bonds is 12. The molecule has 39 heavy (non-hydrogen) atoms. The number of amides is 2. The minimum atomic E-state index is -4.16. The number of hydrogen-bond acceptors (Lipinski definition) is 7. The quantitative estimate of drug-likeness (QED) is 0.295. The molecule has 3 rings (SSSR count). The number of imidazole rings is 1. The van der Waals surface area contributed by atoms with E-state index in [4.69, 9.17) is 0 Å². The normalized spacial score (nSPS) is 11.8. The molecule has 1 heterocycles. The molecule has 13 heteroatoms. The Hall–Kier alpha value is -3.71. The second-order valence-corrected chi connectivity index (χ2v) is 12.6. The third-order valence-electron chi connectivity index (χ3n) is 5.87. The van der Waals surface area contributed by atoms with E-state index in [1.807, 2.05) is 18.6 Å². The third-order valence-corrected chi connectivity index (χ3v) is 8.24. The van der Waals surface area contributed by atoms with E-state index in [9.17, 15) is 31.5 Å². The van der Waals surface area contributed by atoms with Crippen LogP contribution in [-0.2, 0) is 32.8 Å². The molecule has 0 bridgehead atoms. The summed E-state index contributed by atoms with van der Waals surface area (Å²) in [6.07, 6.45) is 3.51. The van der Waals surface area contributed by atoms with Gasteiger partial charge in [0.15, 0.2) is 20.6 Å². The van der Waals surface area contributed by atoms with Crippen LogP contribution in [0.2, 0.25) is 0 Å². The summed E-state index contributed by atoms with van der Waals surface area (Å²) in [5.74, 6) is -1.03. The van der Waals surface area contributed by atoms with Gasteiger partial charge in [0, 0.05) is 31.3 Å². The van der Waals surface area contributed by atoms with E-state index in [2.05, 4.69) is 10.3 Å². The number of nitrogens with zero attached hydrogens (tertiary/aromatic N) is 2. The molecule has 0 radical (unpaired) electrons. The maximum Gasteiger partial charge on any atom is 0.355 e. The highest BCUT2D eigenvalue weighted by Gasteiger charge is 2.28. The fourth-order valence-corrected chi connectivity index (χ4v) is 5.98. The van der Waals surface area contributed by atoms with E-state index in [0.29, 0.717) is 48.3 Å². The van der Waals surface area contributed by atoms with Crippen molar-refractivity contribution in [2.24, 2.45) is 0 Å². The van der Waals surface area contributed by atoms with Gasteiger partial charge in [-0.05, 0) is 30.0 Å². The molecule has 0 fully saturated rings. The summed E-state index contributed by atoms with van der Waals surface area (Å²) in [5.41, 5.74) is 1.20. The number of aromatic carboxylic acids is 1. The Morgan fingerprint density at radius 1 is 0.974 bits per heavy atom. The molecular weight excluding hydrogens is 544 g/mol. The molecule has 2 aromatic carbocycles. The van der Waals surface area contributed by atoms with E-state index in [0.717, 1.165) is 12.7 Å². The van der Waals surface area contributed by atoms with Crippen LogP contribution >= 0.6 is 0 Å². The van der Waals surface area contributed by atoms with Crippen molar-refractivity contribution in [2.45, 2.75) is 56.0 Å². The number of sulfonamides is 1. The Kier molecular flexibility index (Phi) is 9.51. The van der Waals surface area contributed by atoms with Gasteiger partial charge in [-0.1, -0.05) is 62.7 Å². The van der Waals surface area contributed by atoms with Gasteiger partial charge in [-0.25, -0.2) is 36.1 Å². The molecule has 1 aromatic heterocycles. The van der Waals surface area contributed by atoms with E-state index in [1.165, 1.54) is 10.6 Å². The lowest BCUT2D eigenvalue weighted by Gasteiger charge is -2.14. The Labute approximate surface area is 228 Å². The van der Waals surface area contributed by atoms with Crippen LogP contribution in [0.5, 0.6) is 0 Å². The van der Waals surface area contributed by atoms with Crippen LogP contribution in [0.25, 0.3) is 11.1 Å². The fourth-order valence-electron chi connectivity index (χ4n) is 4.00. The van der Waals surface area contributed by atoms with Crippen molar-refractivity contribution >= 4 is 31.9 Å². The summed E-state index contributed by atoms with van der Waals surface area (Å²) in [6.45, 7) is 4.20. The second-order valence-electron chi connectivity index (χ2n) is 9.00. The predicted molar refractivity (Wildman–Crippen MR) is 146 cm³/mol. The van der Waals surface area contributed by atoms with E-state index in [-0.39, 0.29) is 11.4 Å². The topological polar surface area (TPSA) is 165 Å². The van der Waals surface area contributed by atoms with Crippen LogP contribution in [0.3, 0.4) is 0 Å². The minimum absolute atomic E-state index is 0.0581. The summed E-state index contributed by atoms with van der Waals surface area (Å²) >= 11 is 0. The standard InChI is InChI=1S/C26H32N4O7S2/c1-4-6-11-22-28-24(38(3,34)35)23(25(31)32)30(22)17-18-12-14-19(15-13-18)20-9-7-8-10-21(20)39(36,37)29-26(33)27-16-5-2/h7-10,12-15H,4-6,11,16-17H2,1-3H3,(H,31,32)(H2,27,29,33). The molecule has 0 atom stereocenters. The Morgan fingerprint density at radius 3 is 2.23 bits per heavy atom. The maximum atomic E-state index is 12.9. The molecule has 3 aromatic rings. The number of carboxylic acid groups (broad SMARTS) is 1. The zero-order valence-corrected chi connectivity index (χ0v) is 23.6. The van der Waals surface area contributed by atoms with E-state index < -0.39 is 42.6 Å². The molecule has 0 aliphatic rings. The molecule has 2 amide bonds. The maximum absolute atomic E-state index is 12.9. The lowest BCUT2D eigenvalue weighted by Crippen LogP contribution is -2.39. The predicted octanol–water partition coefficient (Wildman–Crippen LogP) is 3.44. The molecule has 0 saturated carbocycles. The molecule has 210 valence electrons. The number of benzene rings is 2. The van der Waals surface area contributed by atoms with Crippen molar-refractivity contribution in [3.05, 3.63) is 65.6 Å². The number of aryl methyl sites for hydroxylation is 1. The molecule has 3 N–H and O–H groups in total. The van der Waals surface area contributed by atoms with Gasteiger partial charge in [0.05, 0.1) is 4.90 Å². The third kappa shape index (κ3) is 7.24. The number of sulfone groups is 1. The number of aromatic nitrogens is 2. The first-order chi connectivity index (χ1) is 18.4. The molecule has 0 saturated heterocycles. The van der Waals surface area contributed by atoms with Crippen molar-refractivity contribution in [1.82, 2.24) is 19.6 Å². The molecule has 11 nitrogen and oxygen atoms in total. The molecule has 0 spiro atoms. The Bertz CT molecular complexity index is 1560. The highest BCUT2D eigenvalue weighted by molar-refractivity contribution is 7.90. The van der Waals surface area contributed by atoms with Crippen molar-refractivity contribution < 1.29 is 31.5 Å². The molecule has 0 unspecified atom stereocenters. The van der Waals surface area contributed by atoms with Crippen LogP contribution in [0.15, 0.2) is 58.5 Å². The van der Waals surface area contributed by atoms with E-state index in [1.54, 1.807) is 42.5 Å². The number of hydrogen-bond donors (Lipinski definition) is 3. The number of carbonyl (C=O) groups is 2. The fraction of sp³-hybridized carbons (Fsp3) is 0.346. The molecular formula is C26H32N4O7S2. The first-order valence-corrected chi connectivity index (χ1v) is 15.8. The monoisotopic (exact) mass is 576 g/mol. The SMILES string of the molecule is CCCCc1nc(S(C)(=O)=O)c(C(=O)O)n1Cc1ccc(-c2ccccc2S(=O)(=O)NC(=O)NCCC)cc1. The average molecular weight is 577 g/mol. The van der Waals surface area contributed by atoms with Crippen molar-refractivity contribution in [1.29, 1.82) is 0 Å². The van der Waals surface area contributed by atoms with Gasteiger partial charge in [-0.15, -0.1) is 0 Å². The molecule has 0 aliphatic heterocycles. The van der Waals surface area contributed by atoms with E-state index >= 15 is 0 Å². The number of carboxylic acids is 1. The van der Waals surface area contributed by atoms with Crippen molar-refractivity contribution in [3.63, 3.8) is 0 Å². The summed E-state index contributed by atoms with van der Waals surface area (Å²) in [4.78, 5) is 28.1. The highest BCUT2D eigenvalue weighted by atomic mass is 32.2. The van der Waals surface area contributed by atoms with Gasteiger partial charge in [-0.2, -0.15) is 0 Å². The van der Waals surface area contributed by atoms with Gasteiger partial charge in [0.2, 0.25) is 0 Å². The lowest BCUT2D eigenvalue weighted by atomic mass is 10.0. The second kappa shape index (κ2) is 12.4. The van der Waals surface area contributed by atoms with Gasteiger partial charge >= 0.3 is 12.0 Å². The summed E-state index contributed by atoms with van der Waals surface area (Å²) in [5, 5.41) is 11.8. The number of unbranched alkanes of at least 4 members (excludes halogenated alkanes) is 1. The minimum Gasteiger partial charge on any atom is -0.476 e. The first-order valence-electron chi connectivity index (χ1n) is 12.4. The number of urea groups is 1. The summed E-state index contributed by atoms with van der Waals surface area (Å²) in [7, 11) is -8.04. The average Bonchev–Trinajstić information content (AvgIpc) is 3.25. The zero-order valence-electron chi connectivity index (χ0n) is 22.0. The number of carbonyl (C=O) groups excluding carboxylic acids is 1. The Morgan fingerprint density at radius 2 is 1.64 bits per heavy atom. The van der Waals surface area contributed by atoms with Gasteiger partial charge in [0.1, 0.15) is 5.82 Å². The van der Waals surface area contributed by atoms with Crippen LogP contribution in [0.4, 0.5) is 4.79 Å². The van der Waals surface area contributed by atoms with Gasteiger partial charge in [-0.3, -0.25) is 0 Å². The van der Waals surface area contributed by atoms with Crippen LogP contribution in [0.1, 0.15) is 55.0 Å². The first kappa shape index (κ1) is 29.8. The lowest BCUT2D eigenvalue weighted by molar-refractivity contribution is 0.0680. The van der Waals surface area contributed by atoms with Crippen LogP contribution in [0, 0.1) is 0 Å². The number of nitrogens with one attached hydrogen (secondary N) is 2. The summed E-state index contributed by atoms with van der Waals surface area (Å²) in [6, 6.07) is 12.2. The Balaban J connectivity index is 1.97. The highest BCUT2D eigenvalue weighted by Crippen LogP contribution is 2.28.